The molecule has 0 bridgehead atoms. The van der Waals surface area contributed by atoms with E-state index < -0.39 is 0 Å². The van der Waals surface area contributed by atoms with Gasteiger partial charge < -0.3 is 4.57 Å². The van der Waals surface area contributed by atoms with Crippen molar-refractivity contribution in [2.45, 2.75) is 13.5 Å². The molecule has 0 radical (unpaired) electrons. The Labute approximate surface area is 184 Å². The quantitative estimate of drug-likeness (QED) is 0.364. The lowest BCUT2D eigenvalue weighted by Crippen LogP contribution is -2.27. The third-order valence-electron chi connectivity index (χ3n) is 5.39. The van der Waals surface area contributed by atoms with Gasteiger partial charge in [0.2, 0.25) is 0 Å². The average molecular weight is 425 g/mol. The Bertz CT molecular complexity index is 1320. The van der Waals surface area contributed by atoms with Crippen LogP contribution in [0, 0.1) is 6.92 Å². The lowest BCUT2D eigenvalue weighted by atomic mass is 10.1. The van der Waals surface area contributed by atoms with E-state index in [1.165, 1.54) is 16.0 Å². The van der Waals surface area contributed by atoms with Gasteiger partial charge in [0.25, 0.3) is 11.1 Å². The minimum atomic E-state index is -0.281. The number of anilines is 1. The second kappa shape index (κ2) is 7.93. The van der Waals surface area contributed by atoms with E-state index in [2.05, 4.69) is 48.0 Å². The van der Waals surface area contributed by atoms with Gasteiger partial charge in [-0.1, -0.05) is 66.2 Å². The lowest BCUT2D eigenvalue weighted by Gasteiger charge is -2.11. The molecule has 31 heavy (non-hydrogen) atoms. The van der Waals surface area contributed by atoms with Gasteiger partial charge >= 0.3 is 0 Å². The van der Waals surface area contributed by atoms with Gasteiger partial charge in [0.1, 0.15) is 0 Å². The molecule has 0 unspecified atom stereocenters. The van der Waals surface area contributed by atoms with Gasteiger partial charge in [-0.2, -0.15) is 0 Å². The summed E-state index contributed by atoms with van der Waals surface area (Å²) in [7, 11) is 0. The second-order valence-electron chi connectivity index (χ2n) is 7.57. The van der Waals surface area contributed by atoms with Crippen LogP contribution in [0.25, 0.3) is 17.0 Å². The van der Waals surface area contributed by atoms with Crippen molar-refractivity contribution in [3.8, 4) is 0 Å². The molecule has 1 aliphatic heterocycles. The van der Waals surface area contributed by atoms with E-state index in [4.69, 9.17) is 0 Å². The van der Waals surface area contributed by atoms with Crippen molar-refractivity contribution in [3.05, 3.63) is 107 Å². The molecule has 1 aromatic heterocycles. The Hall–Kier alpha value is -3.57. The Morgan fingerprint density at radius 2 is 1.58 bits per heavy atom. The molecule has 152 valence electrons. The maximum absolute atomic E-state index is 13.0. The summed E-state index contributed by atoms with van der Waals surface area (Å²) < 4.78 is 2.19. The van der Waals surface area contributed by atoms with Crippen LogP contribution < -0.4 is 4.90 Å². The first-order valence-electron chi connectivity index (χ1n) is 10.1. The van der Waals surface area contributed by atoms with Gasteiger partial charge in [-0.05, 0) is 48.5 Å². The standard InChI is InChI=1S/C26H20N2O2S/c1-18-11-13-19(14-12-18)16-27-17-20(22-9-5-6-10-23(22)27)15-24-25(29)28(26(30)31-24)21-7-3-2-4-8-21/h2-15,17H,16H2,1H3/b24-15+. The number of hydrogen-bond donors (Lipinski definition) is 0. The van der Waals surface area contributed by atoms with Crippen LogP contribution in [0.15, 0.2) is 90.0 Å². The van der Waals surface area contributed by atoms with E-state index in [1.807, 2.05) is 42.5 Å². The van der Waals surface area contributed by atoms with Crippen LogP contribution >= 0.6 is 11.8 Å². The fourth-order valence-electron chi connectivity index (χ4n) is 3.82. The number of carbonyl (C=O) groups excluding carboxylic acids is 2. The number of benzene rings is 3. The molecule has 1 aliphatic rings. The van der Waals surface area contributed by atoms with Gasteiger partial charge in [0.05, 0.1) is 10.6 Å². The van der Waals surface area contributed by atoms with Crippen LogP contribution in [-0.2, 0) is 11.3 Å². The van der Waals surface area contributed by atoms with Gasteiger partial charge in [-0.15, -0.1) is 0 Å². The molecule has 0 spiro atoms. The Morgan fingerprint density at radius 1 is 0.871 bits per heavy atom. The molecule has 0 N–H and O–H groups in total. The monoisotopic (exact) mass is 424 g/mol. The fourth-order valence-corrected chi connectivity index (χ4v) is 4.65. The number of carbonyl (C=O) groups is 2. The molecule has 3 aromatic carbocycles. The van der Waals surface area contributed by atoms with Gasteiger partial charge in [-0.3, -0.25) is 9.59 Å². The van der Waals surface area contributed by atoms with Crippen LogP contribution in [0.2, 0.25) is 0 Å². The first kappa shape index (κ1) is 19.4. The molecule has 0 aliphatic carbocycles. The molecular formula is C26H20N2O2S. The number of hydrogen-bond acceptors (Lipinski definition) is 3. The smallest absolute Gasteiger partial charge is 0.298 e. The maximum atomic E-state index is 13.0. The number of imide groups is 1. The van der Waals surface area contributed by atoms with E-state index >= 15 is 0 Å². The van der Waals surface area contributed by atoms with Gasteiger partial charge in [0.15, 0.2) is 0 Å². The summed E-state index contributed by atoms with van der Waals surface area (Å²) in [5, 5.41) is 0.784. The first-order valence-corrected chi connectivity index (χ1v) is 10.9. The van der Waals surface area contributed by atoms with Crippen LogP contribution in [0.1, 0.15) is 16.7 Å². The van der Waals surface area contributed by atoms with Crippen LogP contribution in [0.3, 0.4) is 0 Å². The van der Waals surface area contributed by atoms with Crippen molar-refractivity contribution < 1.29 is 9.59 Å². The highest BCUT2D eigenvalue weighted by molar-refractivity contribution is 8.19. The number of fused-ring (bicyclic) bond motifs is 1. The first-order chi connectivity index (χ1) is 15.1. The van der Waals surface area contributed by atoms with Crippen molar-refractivity contribution in [2.24, 2.45) is 0 Å². The Morgan fingerprint density at radius 3 is 2.35 bits per heavy atom. The number of aromatic nitrogens is 1. The van der Waals surface area contributed by atoms with Crippen LogP contribution in [0.5, 0.6) is 0 Å². The summed E-state index contributed by atoms with van der Waals surface area (Å²) in [6.45, 7) is 2.82. The number of amides is 2. The Kier molecular flexibility index (Phi) is 4.96. The van der Waals surface area contributed by atoms with Crippen molar-refractivity contribution in [3.63, 3.8) is 0 Å². The molecule has 4 nitrogen and oxygen atoms in total. The van der Waals surface area contributed by atoms with Gasteiger partial charge in [-0.25, -0.2) is 4.90 Å². The molecular weight excluding hydrogens is 404 g/mol. The van der Waals surface area contributed by atoms with Gasteiger partial charge in [0, 0.05) is 29.2 Å². The van der Waals surface area contributed by atoms with E-state index in [0.717, 1.165) is 34.8 Å². The van der Waals surface area contributed by atoms with E-state index in [0.29, 0.717) is 10.6 Å². The molecule has 1 saturated heterocycles. The Balaban J connectivity index is 1.52. The minimum absolute atomic E-state index is 0.272. The highest BCUT2D eigenvalue weighted by Gasteiger charge is 2.36. The molecule has 5 heteroatoms. The average Bonchev–Trinajstić information content (AvgIpc) is 3.27. The highest BCUT2D eigenvalue weighted by Crippen LogP contribution is 2.36. The maximum Gasteiger partial charge on any atom is 0.298 e. The third kappa shape index (κ3) is 3.68. The number of rotatable bonds is 4. The molecule has 2 amide bonds. The minimum Gasteiger partial charge on any atom is -0.342 e. The highest BCUT2D eigenvalue weighted by atomic mass is 32.2. The summed E-state index contributed by atoms with van der Waals surface area (Å²) in [5.41, 5.74) is 5.06. The second-order valence-corrected chi connectivity index (χ2v) is 8.56. The number of aryl methyl sites for hydroxylation is 1. The fraction of sp³-hybridized carbons (Fsp3) is 0.0769. The van der Waals surface area contributed by atoms with Crippen LogP contribution in [0.4, 0.5) is 10.5 Å². The summed E-state index contributed by atoms with van der Waals surface area (Å²) in [4.78, 5) is 27.2. The number of nitrogens with zero attached hydrogens (tertiary/aromatic N) is 2. The van der Waals surface area contributed by atoms with E-state index in [-0.39, 0.29) is 11.1 Å². The largest absolute Gasteiger partial charge is 0.342 e. The summed E-state index contributed by atoms with van der Waals surface area (Å²) in [5.74, 6) is -0.281. The predicted octanol–water partition coefficient (Wildman–Crippen LogP) is 6.24. The van der Waals surface area contributed by atoms with Crippen molar-refractivity contribution in [1.82, 2.24) is 4.57 Å². The van der Waals surface area contributed by atoms with E-state index in [9.17, 15) is 9.59 Å². The lowest BCUT2D eigenvalue weighted by molar-refractivity contribution is -0.113. The SMILES string of the molecule is Cc1ccc(Cn2cc(/C=C3/SC(=O)N(c4ccccc4)C3=O)c3ccccc32)cc1. The van der Waals surface area contributed by atoms with E-state index in [1.54, 1.807) is 12.1 Å². The number of thioether (sulfide) groups is 1. The molecule has 4 aromatic rings. The summed E-state index contributed by atoms with van der Waals surface area (Å²) in [6.07, 6.45) is 3.89. The molecule has 1 fully saturated rings. The molecule has 2 heterocycles. The molecule has 5 rings (SSSR count). The zero-order valence-corrected chi connectivity index (χ0v) is 17.8. The number of para-hydroxylation sites is 2. The summed E-state index contributed by atoms with van der Waals surface area (Å²) >= 11 is 0.984. The molecule has 0 saturated carbocycles. The third-order valence-corrected chi connectivity index (χ3v) is 6.26. The topological polar surface area (TPSA) is 42.3 Å². The summed E-state index contributed by atoms with van der Waals surface area (Å²) in [6, 6.07) is 25.7. The normalized spacial score (nSPS) is 15.4. The molecule has 0 atom stereocenters. The zero-order chi connectivity index (χ0) is 21.4. The van der Waals surface area contributed by atoms with Crippen molar-refractivity contribution >= 4 is 45.6 Å². The zero-order valence-electron chi connectivity index (χ0n) is 17.0. The van der Waals surface area contributed by atoms with Crippen molar-refractivity contribution in [2.75, 3.05) is 4.90 Å². The van der Waals surface area contributed by atoms with Crippen LogP contribution in [-0.4, -0.2) is 15.7 Å². The van der Waals surface area contributed by atoms with Crippen molar-refractivity contribution in [1.29, 1.82) is 0 Å². The predicted molar refractivity (Wildman–Crippen MR) is 127 cm³/mol.